The summed E-state index contributed by atoms with van der Waals surface area (Å²) < 4.78 is 38.3. The average Bonchev–Trinajstić information content (AvgIpc) is 2.94. The van der Waals surface area contributed by atoms with Crippen molar-refractivity contribution in [3.63, 3.8) is 0 Å². The summed E-state index contributed by atoms with van der Waals surface area (Å²) >= 11 is 0. The van der Waals surface area contributed by atoms with E-state index in [0.29, 0.717) is 53.6 Å². The summed E-state index contributed by atoms with van der Waals surface area (Å²) in [6, 6.07) is 19.0. The molecule has 0 radical (unpaired) electrons. The highest BCUT2D eigenvalue weighted by atomic mass is 32.2. The molecule has 0 unspecified atom stereocenters. The maximum Gasteiger partial charge on any atom is 0.247 e. The summed E-state index contributed by atoms with van der Waals surface area (Å²) in [4.78, 5) is 18.3. The molecule has 9 nitrogen and oxygen atoms in total. The van der Waals surface area contributed by atoms with Crippen molar-refractivity contribution in [1.29, 1.82) is 0 Å². The first-order valence-electron chi connectivity index (χ1n) is 14.6. The number of pyridine rings is 1. The Bertz CT molecular complexity index is 1720. The van der Waals surface area contributed by atoms with Crippen LogP contribution in [0.25, 0.3) is 10.8 Å². The summed E-state index contributed by atoms with van der Waals surface area (Å²) in [7, 11) is -3.47. The molecule has 1 amide bonds. The summed E-state index contributed by atoms with van der Waals surface area (Å²) in [5, 5.41) is 7.68. The second-order valence-electron chi connectivity index (χ2n) is 10.9. The summed E-state index contributed by atoms with van der Waals surface area (Å²) in [5.74, 6) is 1.22. The number of rotatable bonds is 12. The molecule has 1 fully saturated rings. The van der Waals surface area contributed by atoms with Crippen LogP contribution in [0.1, 0.15) is 57.2 Å². The molecule has 1 aromatic heterocycles. The first kappa shape index (κ1) is 30.2. The molecule has 1 aliphatic carbocycles. The number of anilines is 2. The smallest absolute Gasteiger partial charge is 0.247 e. The lowest BCUT2D eigenvalue weighted by atomic mass is 10.00. The molecule has 0 aliphatic heterocycles. The van der Waals surface area contributed by atoms with Crippen molar-refractivity contribution in [3.05, 3.63) is 84.1 Å². The first-order valence-corrected chi connectivity index (χ1v) is 16.2. The van der Waals surface area contributed by atoms with Crippen LogP contribution in [-0.2, 0) is 21.2 Å². The van der Waals surface area contributed by atoms with Crippen molar-refractivity contribution < 1.29 is 22.7 Å². The van der Waals surface area contributed by atoms with E-state index in [1.165, 1.54) is 0 Å². The fourth-order valence-corrected chi connectivity index (χ4v) is 7.24. The largest absolute Gasteiger partial charge is 0.490 e. The predicted molar refractivity (Wildman–Crippen MR) is 169 cm³/mol. The number of amides is 1. The predicted octanol–water partition coefficient (Wildman–Crippen LogP) is 5.80. The number of ether oxygens (including phenoxy) is 2. The van der Waals surface area contributed by atoms with Gasteiger partial charge in [-0.05, 0) is 92.6 Å². The lowest BCUT2D eigenvalue weighted by Gasteiger charge is -2.26. The minimum Gasteiger partial charge on any atom is -0.490 e. The zero-order valence-corrected chi connectivity index (χ0v) is 25.5. The second-order valence-corrected chi connectivity index (χ2v) is 13.1. The summed E-state index contributed by atoms with van der Waals surface area (Å²) in [6.45, 7) is 6.25. The van der Waals surface area contributed by atoms with E-state index < -0.39 is 15.9 Å². The standard InChI is InChI=1S/C33H38N4O5S/c1-4-41-29-19-23(12-15-28(29)42-21(2)3)31(37-25-13-14-27-22(18-25)16-17-35-32(27)34)33(38)36-20-24-8-5-6-11-30(24)43(39,40)26-9-7-10-26/h5-6,8,11-19,21,26,31,37H,4,7,9-10,20H2,1-3H3,(H2,34,35)(H,36,38)/t31-/m1/s1. The number of nitrogens with zero attached hydrogens (tertiary/aromatic N) is 1. The number of benzene rings is 3. The van der Waals surface area contributed by atoms with Gasteiger partial charge in [0.05, 0.1) is 22.9 Å². The number of hydrogen-bond acceptors (Lipinski definition) is 8. The Labute approximate surface area is 252 Å². The minimum atomic E-state index is -3.47. The van der Waals surface area contributed by atoms with Gasteiger partial charge in [0.15, 0.2) is 21.3 Å². The Morgan fingerprint density at radius 2 is 1.84 bits per heavy atom. The van der Waals surface area contributed by atoms with E-state index in [1.54, 1.807) is 42.6 Å². The Balaban J connectivity index is 1.46. The molecule has 10 heteroatoms. The fourth-order valence-electron chi connectivity index (χ4n) is 5.15. The third-order valence-corrected chi connectivity index (χ3v) is 9.92. The molecule has 226 valence electrons. The van der Waals surface area contributed by atoms with Crippen molar-refractivity contribution >= 4 is 38.0 Å². The van der Waals surface area contributed by atoms with Gasteiger partial charge in [0.2, 0.25) is 5.91 Å². The topological polar surface area (TPSA) is 133 Å². The highest BCUT2D eigenvalue weighted by Gasteiger charge is 2.34. The van der Waals surface area contributed by atoms with Crippen LogP contribution in [0.5, 0.6) is 11.5 Å². The molecule has 1 atom stereocenters. The van der Waals surface area contributed by atoms with Crippen molar-refractivity contribution in [2.45, 2.75) is 68.9 Å². The van der Waals surface area contributed by atoms with E-state index in [2.05, 4.69) is 15.6 Å². The van der Waals surface area contributed by atoms with Gasteiger partial charge in [-0.15, -0.1) is 0 Å². The number of carbonyl (C=O) groups excluding carboxylic acids is 1. The number of nitrogens with one attached hydrogen (secondary N) is 2. The number of nitrogen functional groups attached to an aromatic ring is 1. The van der Waals surface area contributed by atoms with Crippen molar-refractivity contribution in [3.8, 4) is 11.5 Å². The van der Waals surface area contributed by atoms with Crippen molar-refractivity contribution in [2.75, 3.05) is 17.7 Å². The van der Waals surface area contributed by atoms with Crippen LogP contribution < -0.4 is 25.8 Å². The second kappa shape index (κ2) is 12.9. The number of hydrogen-bond donors (Lipinski definition) is 3. The molecule has 4 aromatic rings. The van der Waals surface area contributed by atoms with Gasteiger partial charge >= 0.3 is 0 Å². The van der Waals surface area contributed by atoms with E-state index in [-0.39, 0.29) is 28.7 Å². The number of fused-ring (bicyclic) bond motifs is 1. The Morgan fingerprint density at radius 1 is 1.05 bits per heavy atom. The van der Waals surface area contributed by atoms with E-state index in [9.17, 15) is 13.2 Å². The average molecular weight is 603 g/mol. The summed E-state index contributed by atoms with van der Waals surface area (Å²) in [5.41, 5.74) is 7.96. The lowest BCUT2D eigenvalue weighted by molar-refractivity contribution is -0.122. The Morgan fingerprint density at radius 3 is 2.56 bits per heavy atom. The van der Waals surface area contributed by atoms with Crippen LogP contribution in [0.2, 0.25) is 0 Å². The number of sulfone groups is 1. The molecule has 3 aromatic carbocycles. The molecule has 43 heavy (non-hydrogen) atoms. The van der Waals surface area contributed by atoms with Gasteiger partial charge in [-0.25, -0.2) is 13.4 Å². The maximum atomic E-state index is 13.9. The molecule has 4 N–H and O–H groups in total. The molecule has 1 saturated carbocycles. The van der Waals surface area contributed by atoms with Crippen LogP contribution in [0.4, 0.5) is 11.5 Å². The van der Waals surface area contributed by atoms with E-state index >= 15 is 0 Å². The molecule has 0 bridgehead atoms. The molecule has 0 spiro atoms. The third kappa shape index (κ3) is 6.69. The van der Waals surface area contributed by atoms with Gasteiger partial charge in [0.1, 0.15) is 11.9 Å². The number of aromatic nitrogens is 1. The van der Waals surface area contributed by atoms with Gasteiger partial charge in [-0.2, -0.15) is 0 Å². The highest BCUT2D eigenvalue weighted by Crippen LogP contribution is 2.35. The third-order valence-electron chi connectivity index (χ3n) is 7.56. The minimum absolute atomic E-state index is 0.0573. The lowest BCUT2D eigenvalue weighted by Crippen LogP contribution is -2.34. The van der Waals surface area contributed by atoms with E-state index in [4.69, 9.17) is 15.2 Å². The number of nitrogens with two attached hydrogens (primary N) is 1. The fraction of sp³-hybridized carbons (Fsp3) is 0.333. The SMILES string of the molecule is CCOc1cc([C@@H](Nc2ccc3c(N)nccc3c2)C(=O)NCc2ccccc2S(=O)(=O)C2CCC2)ccc1OC(C)C. The van der Waals surface area contributed by atoms with E-state index in [0.717, 1.165) is 17.2 Å². The van der Waals surface area contributed by atoms with Gasteiger partial charge in [0, 0.05) is 23.8 Å². The monoisotopic (exact) mass is 602 g/mol. The van der Waals surface area contributed by atoms with E-state index in [1.807, 2.05) is 51.1 Å². The quantitative estimate of drug-likeness (QED) is 0.185. The normalized spacial score (nSPS) is 14.2. The Kier molecular flexibility index (Phi) is 9.05. The van der Waals surface area contributed by atoms with Crippen molar-refractivity contribution in [1.82, 2.24) is 10.3 Å². The Hall–Kier alpha value is -4.31. The first-order chi connectivity index (χ1) is 20.7. The van der Waals surface area contributed by atoms with Crippen LogP contribution in [0.3, 0.4) is 0 Å². The molecule has 5 rings (SSSR count). The zero-order chi connectivity index (χ0) is 30.6. The van der Waals surface area contributed by atoms with Gasteiger partial charge in [-0.3, -0.25) is 4.79 Å². The number of carbonyl (C=O) groups is 1. The molecular formula is C33H38N4O5S. The maximum absolute atomic E-state index is 13.9. The van der Waals surface area contributed by atoms with Gasteiger partial charge < -0.3 is 25.8 Å². The summed E-state index contributed by atoms with van der Waals surface area (Å²) in [6.07, 6.45) is 3.84. The van der Waals surface area contributed by atoms with Crippen LogP contribution >= 0.6 is 0 Å². The molecular weight excluding hydrogens is 564 g/mol. The molecule has 0 saturated heterocycles. The van der Waals surface area contributed by atoms with Crippen LogP contribution in [0.15, 0.2) is 77.8 Å². The van der Waals surface area contributed by atoms with Crippen molar-refractivity contribution in [2.24, 2.45) is 0 Å². The van der Waals surface area contributed by atoms with Gasteiger partial charge in [-0.1, -0.05) is 30.7 Å². The molecule has 1 heterocycles. The van der Waals surface area contributed by atoms with Crippen LogP contribution in [-0.4, -0.2) is 37.3 Å². The highest BCUT2D eigenvalue weighted by molar-refractivity contribution is 7.92. The van der Waals surface area contributed by atoms with Gasteiger partial charge in [0.25, 0.3) is 0 Å². The van der Waals surface area contributed by atoms with Crippen LogP contribution in [0, 0.1) is 0 Å². The molecule has 1 aliphatic rings. The zero-order valence-electron chi connectivity index (χ0n) is 24.7.